The maximum Gasteiger partial charge on any atom is 0.338 e. The van der Waals surface area contributed by atoms with Crippen LogP contribution in [0.3, 0.4) is 0 Å². The highest BCUT2D eigenvalue weighted by molar-refractivity contribution is 8.18. The van der Waals surface area contributed by atoms with Crippen LogP contribution in [0.15, 0.2) is 88.9 Å². The molecule has 0 atom stereocenters. The van der Waals surface area contributed by atoms with E-state index >= 15 is 0 Å². The van der Waals surface area contributed by atoms with Crippen LogP contribution in [0.4, 0.5) is 10.1 Å². The summed E-state index contributed by atoms with van der Waals surface area (Å²) in [5.74, 6) is -0.840. The Morgan fingerprint density at radius 1 is 1.08 bits per heavy atom. The summed E-state index contributed by atoms with van der Waals surface area (Å²) in [6.45, 7) is 2.42. The van der Waals surface area contributed by atoms with Crippen LogP contribution in [0.1, 0.15) is 28.4 Å². The van der Waals surface area contributed by atoms with Crippen molar-refractivity contribution in [3.63, 3.8) is 0 Å². The molecule has 1 saturated heterocycles. The number of para-hydroxylation sites is 1. The molecule has 186 valence electrons. The number of benzene rings is 3. The van der Waals surface area contributed by atoms with E-state index in [2.05, 4.69) is 4.99 Å². The van der Waals surface area contributed by atoms with Crippen molar-refractivity contribution in [1.29, 1.82) is 0 Å². The Morgan fingerprint density at radius 3 is 2.68 bits per heavy atom. The molecule has 5 rings (SSSR count). The number of aromatic nitrogens is 1. The van der Waals surface area contributed by atoms with Crippen molar-refractivity contribution < 1.29 is 18.7 Å². The summed E-state index contributed by atoms with van der Waals surface area (Å²) < 4.78 is 21.4. The van der Waals surface area contributed by atoms with Crippen LogP contribution < -0.4 is 0 Å². The van der Waals surface area contributed by atoms with Gasteiger partial charge < -0.3 is 9.30 Å². The second-order valence-corrected chi connectivity index (χ2v) is 9.47. The van der Waals surface area contributed by atoms with Crippen molar-refractivity contribution in [2.24, 2.45) is 4.99 Å². The summed E-state index contributed by atoms with van der Waals surface area (Å²) in [5.41, 5.74) is 3.36. The van der Waals surface area contributed by atoms with Gasteiger partial charge in [-0.05, 0) is 55.1 Å². The molecule has 0 spiro atoms. The Hall–Kier alpha value is -4.17. The molecule has 6 nitrogen and oxygen atoms in total. The van der Waals surface area contributed by atoms with Crippen molar-refractivity contribution in [3.8, 4) is 0 Å². The van der Waals surface area contributed by atoms with Gasteiger partial charge in [0.05, 0.1) is 29.3 Å². The topological polar surface area (TPSA) is 63.9 Å². The molecule has 4 aromatic rings. The van der Waals surface area contributed by atoms with Gasteiger partial charge >= 0.3 is 5.97 Å². The van der Waals surface area contributed by atoms with E-state index in [0.717, 1.165) is 16.5 Å². The lowest BCUT2D eigenvalue weighted by molar-refractivity contribution is -0.121. The van der Waals surface area contributed by atoms with Crippen molar-refractivity contribution in [3.05, 3.63) is 106 Å². The van der Waals surface area contributed by atoms with Gasteiger partial charge in [-0.1, -0.05) is 42.5 Å². The number of halogens is 1. The maximum atomic E-state index is 14.3. The fourth-order valence-corrected chi connectivity index (χ4v) is 5.13. The van der Waals surface area contributed by atoms with Gasteiger partial charge in [-0.15, -0.1) is 0 Å². The van der Waals surface area contributed by atoms with E-state index in [-0.39, 0.29) is 18.3 Å². The lowest BCUT2D eigenvalue weighted by Gasteiger charge is -2.07. The molecule has 1 fully saturated rings. The average molecular weight is 514 g/mol. The molecule has 1 amide bonds. The van der Waals surface area contributed by atoms with Gasteiger partial charge in [0.1, 0.15) is 5.82 Å². The molecule has 0 unspecified atom stereocenters. The summed E-state index contributed by atoms with van der Waals surface area (Å²) in [6.07, 6.45) is 3.79. The molecule has 0 aliphatic carbocycles. The number of hydrogen-bond donors (Lipinski definition) is 0. The quantitative estimate of drug-likeness (QED) is 0.226. The Bertz CT molecular complexity index is 1570. The summed E-state index contributed by atoms with van der Waals surface area (Å²) in [4.78, 5) is 31.8. The zero-order valence-electron chi connectivity index (χ0n) is 20.3. The minimum absolute atomic E-state index is 0.170. The number of carbonyl (C=O) groups is 2. The second kappa shape index (κ2) is 10.4. The van der Waals surface area contributed by atoms with Gasteiger partial charge in [-0.3, -0.25) is 9.69 Å². The first kappa shape index (κ1) is 24.5. The monoisotopic (exact) mass is 513 g/mol. The van der Waals surface area contributed by atoms with Crippen LogP contribution in [0, 0.1) is 5.82 Å². The molecule has 37 heavy (non-hydrogen) atoms. The number of hydrogen-bond acceptors (Lipinski definition) is 5. The van der Waals surface area contributed by atoms with E-state index in [0.29, 0.717) is 33.4 Å². The Labute approximate surface area is 218 Å². The third-order valence-corrected chi connectivity index (χ3v) is 7.05. The molecular formula is C29H24FN3O3S. The van der Waals surface area contributed by atoms with Gasteiger partial charge in [0.25, 0.3) is 5.91 Å². The van der Waals surface area contributed by atoms with E-state index in [9.17, 15) is 14.0 Å². The fraction of sp³-hybridized carbons (Fsp3) is 0.138. The number of fused-ring (bicyclic) bond motifs is 1. The Balaban J connectivity index is 1.46. The largest absolute Gasteiger partial charge is 0.462 e. The average Bonchev–Trinajstić information content (AvgIpc) is 3.38. The third kappa shape index (κ3) is 5.06. The van der Waals surface area contributed by atoms with Gasteiger partial charge in [0.15, 0.2) is 5.17 Å². The normalized spacial score (nSPS) is 15.8. The summed E-state index contributed by atoms with van der Waals surface area (Å²) in [7, 11) is 1.67. The SMILES string of the molecule is CCOC(=O)c1cccc(N=C2SC(=Cc3cn(Cc4ccccc4F)c4ccccc34)C(=O)N2C)c1. The standard InChI is InChI=1S/C29H24FN3O3S/c1-3-36-28(35)19-10-8-11-22(15-19)31-29-32(2)27(34)26(37-29)16-21-18-33(25-14-7-5-12-23(21)25)17-20-9-4-6-13-24(20)30/h4-16,18H,3,17H2,1-2H3. The first-order valence-electron chi connectivity index (χ1n) is 11.8. The van der Waals surface area contributed by atoms with E-state index in [1.807, 2.05) is 47.2 Å². The highest BCUT2D eigenvalue weighted by atomic mass is 32.2. The molecule has 8 heteroatoms. The molecule has 0 N–H and O–H groups in total. The maximum absolute atomic E-state index is 14.3. The molecule has 2 heterocycles. The molecule has 1 aliphatic rings. The highest BCUT2D eigenvalue weighted by Gasteiger charge is 2.30. The highest BCUT2D eigenvalue weighted by Crippen LogP contribution is 2.35. The van der Waals surface area contributed by atoms with Crippen LogP contribution in [0.25, 0.3) is 17.0 Å². The summed E-state index contributed by atoms with van der Waals surface area (Å²) in [6, 6.07) is 21.4. The zero-order valence-corrected chi connectivity index (χ0v) is 21.2. The van der Waals surface area contributed by atoms with Crippen LogP contribution in [-0.2, 0) is 16.1 Å². The first-order chi connectivity index (χ1) is 17.9. The molecule has 0 radical (unpaired) electrons. The van der Waals surface area contributed by atoms with Crippen molar-refractivity contribution in [2.45, 2.75) is 13.5 Å². The number of amides is 1. The number of ether oxygens (including phenoxy) is 1. The smallest absolute Gasteiger partial charge is 0.338 e. The summed E-state index contributed by atoms with van der Waals surface area (Å²) >= 11 is 1.27. The van der Waals surface area contributed by atoms with Crippen molar-refractivity contribution in [2.75, 3.05) is 13.7 Å². The Kier molecular flexibility index (Phi) is 6.92. The second-order valence-electron chi connectivity index (χ2n) is 8.46. The molecular weight excluding hydrogens is 489 g/mol. The van der Waals surface area contributed by atoms with E-state index < -0.39 is 5.97 Å². The molecule has 1 aliphatic heterocycles. The van der Waals surface area contributed by atoms with Crippen molar-refractivity contribution in [1.82, 2.24) is 9.47 Å². The lowest BCUT2D eigenvalue weighted by atomic mass is 10.1. The summed E-state index contributed by atoms with van der Waals surface area (Å²) in [5, 5.41) is 1.47. The van der Waals surface area contributed by atoms with E-state index in [1.54, 1.807) is 50.4 Å². The molecule has 0 bridgehead atoms. The number of thioether (sulfide) groups is 1. The number of carbonyl (C=O) groups excluding carboxylic acids is 2. The minimum Gasteiger partial charge on any atom is -0.462 e. The molecule has 1 aromatic heterocycles. The molecule has 0 saturated carbocycles. The zero-order chi connectivity index (χ0) is 25.9. The number of amidine groups is 1. The third-order valence-electron chi connectivity index (χ3n) is 5.99. The predicted molar refractivity (Wildman–Crippen MR) is 145 cm³/mol. The van der Waals surface area contributed by atoms with E-state index in [4.69, 9.17) is 4.74 Å². The van der Waals surface area contributed by atoms with Gasteiger partial charge in [0.2, 0.25) is 0 Å². The Morgan fingerprint density at radius 2 is 1.86 bits per heavy atom. The number of esters is 1. The first-order valence-corrected chi connectivity index (χ1v) is 12.6. The van der Waals surface area contributed by atoms with Crippen LogP contribution in [-0.4, -0.2) is 40.2 Å². The van der Waals surface area contributed by atoms with Crippen LogP contribution >= 0.6 is 11.8 Å². The van der Waals surface area contributed by atoms with Gasteiger partial charge in [0, 0.05) is 35.3 Å². The van der Waals surface area contributed by atoms with Crippen molar-refractivity contribution >= 4 is 51.5 Å². The fourth-order valence-electron chi connectivity index (χ4n) is 4.15. The number of rotatable bonds is 6. The lowest BCUT2D eigenvalue weighted by Crippen LogP contribution is -2.23. The van der Waals surface area contributed by atoms with E-state index in [1.165, 1.54) is 22.7 Å². The predicted octanol–water partition coefficient (Wildman–Crippen LogP) is 6.24. The number of likely N-dealkylation sites (N-methyl/N-ethyl adjacent to an activating group) is 1. The molecule has 3 aromatic carbocycles. The van der Waals surface area contributed by atoms with Gasteiger partial charge in [-0.2, -0.15) is 0 Å². The van der Waals surface area contributed by atoms with Crippen LogP contribution in [0.2, 0.25) is 0 Å². The minimum atomic E-state index is -0.416. The van der Waals surface area contributed by atoms with Gasteiger partial charge in [-0.25, -0.2) is 14.2 Å². The van der Waals surface area contributed by atoms with Crippen LogP contribution in [0.5, 0.6) is 0 Å². The number of aliphatic imine (C=N–C) groups is 1. The number of nitrogens with zero attached hydrogens (tertiary/aromatic N) is 3.